The molecular weight excluding hydrogens is 565 g/mol. The molecule has 0 aliphatic carbocycles. The summed E-state index contributed by atoms with van der Waals surface area (Å²) in [4.78, 5) is 23.1. The van der Waals surface area contributed by atoms with Crippen molar-refractivity contribution in [3.63, 3.8) is 0 Å². The highest BCUT2D eigenvalue weighted by atomic mass is 19.4. The molecule has 0 spiro atoms. The van der Waals surface area contributed by atoms with Crippen molar-refractivity contribution in [1.29, 1.82) is 0 Å². The third kappa shape index (κ3) is 9.39. The van der Waals surface area contributed by atoms with E-state index in [-0.39, 0.29) is 25.4 Å². The van der Waals surface area contributed by atoms with E-state index in [1.807, 2.05) is 0 Å². The van der Waals surface area contributed by atoms with Gasteiger partial charge in [-0.25, -0.2) is 4.79 Å². The van der Waals surface area contributed by atoms with Gasteiger partial charge in [0.2, 0.25) is 0 Å². The summed E-state index contributed by atoms with van der Waals surface area (Å²) in [7, 11) is 2.70. The molecule has 43 heavy (non-hydrogen) atoms. The van der Waals surface area contributed by atoms with Gasteiger partial charge in [0.25, 0.3) is 0 Å². The minimum atomic E-state index is -4.44. The molecule has 0 aliphatic heterocycles. The lowest BCUT2D eigenvalue weighted by molar-refractivity contribution is -0.137. The molecule has 3 rings (SSSR count). The Bertz CT molecular complexity index is 1520. The molecule has 0 bridgehead atoms. The molecule has 3 aromatic rings. The van der Waals surface area contributed by atoms with E-state index in [2.05, 4.69) is 16.2 Å². The van der Waals surface area contributed by atoms with E-state index in [0.29, 0.717) is 39.4 Å². The normalized spacial score (nSPS) is 12.3. The standard InChI is InChI=1S/C32H29F3N2O6/c1-5-17-42-37-30(22(2)36-43-20-25-10-6-7-12-28(25)29(21-39-3)31(38)40-4)24-13-15-27(16-14-24)41-19-23-9-8-11-26(18-23)32(33,34)35/h1,6-16,18,21H,17,19-20H2,2-4H3/b29-21?,36-22?,37-30+. The number of benzene rings is 3. The van der Waals surface area contributed by atoms with Gasteiger partial charge in [0.15, 0.2) is 6.61 Å². The van der Waals surface area contributed by atoms with Crippen molar-refractivity contribution < 1.29 is 41.9 Å². The summed E-state index contributed by atoms with van der Waals surface area (Å²) >= 11 is 0. The van der Waals surface area contributed by atoms with Crippen LogP contribution in [0.25, 0.3) is 5.57 Å². The molecule has 8 nitrogen and oxygen atoms in total. The summed E-state index contributed by atoms with van der Waals surface area (Å²) in [5, 5.41) is 8.28. The highest BCUT2D eigenvalue weighted by molar-refractivity contribution is 6.47. The van der Waals surface area contributed by atoms with E-state index in [4.69, 9.17) is 30.3 Å². The maximum Gasteiger partial charge on any atom is 0.416 e. The van der Waals surface area contributed by atoms with E-state index < -0.39 is 17.7 Å². The molecular formula is C32H29F3N2O6. The number of rotatable bonds is 13. The number of terminal acetylenes is 1. The van der Waals surface area contributed by atoms with Crippen LogP contribution in [0.5, 0.6) is 5.75 Å². The smallest absolute Gasteiger partial charge is 0.416 e. The first kappa shape index (κ1) is 32.3. The number of hydrogen-bond donors (Lipinski definition) is 0. The van der Waals surface area contributed by atoms with Crippen LogP contribution >= 0.6 is 0 Å². The van der Waals surface area contributed by atoms with Crippen molar-refractivity contribution in [3.8, 4) is 18.1 Å². The summed E-state index contributed by atoms with van der Waals surface area (Å²) in [6, 6.07) is 18.7. The minimum Gasteiger partial charge on any atom is -0.503 e. The highest BCUT2D eigenvalue weighted by Gasteiger charge is 2.30. The zero-order valence-electron chi connectivity index (χ0n) is 23.7. The van der Waals surface area contributed by atoms with Crippen molar-refractivity contribution in [2.45, 2.75) is 26.3 Å². The van der Waals surface area contributed by atoms with Crippen LogP contribution in [0.15, 0.2) is 89.4 Å². The van der Waals surface area contributed by atoms with Crippen LogP contribution in [-0.2, 0) is 43.3 Å². The largest absolute Gasteiger partial charge is 0.503 e. The molecule has 0 aromatic heterocycles. The third-order valence-corrected chi connectivity index (χ3v) is 5.80. The Morgan fingerprint density at radius 3 is 2.37 bits per heavy atom. The van der Waals surface area contributed by atoms with Gasteiger partial charge >= 0.3 is 12.1 Å². The number of carbonyl (C=O) groups is 1. The molecule has 224 valence electrons. The van der Waals surface area contributed by atoms with E-state index in [1.54, 1.807) is 61.5 Å². The molecule has 0 atom stereocenters. The van der Waals surface area contributed by atoms with Crippen LogP contribution in [0, 0.1) is 12.3 Å². The van der Waals surface area contributed by atoms with E-state index in [9.17, 15) is 18.0 Å². The number of ether oxygens (including phenoxy) is 3. The van der Waals surface area contributed by atoms with E-state index >= 15 is 0 Å². The molecule has 0 saturated carbocycles. The van der Waals surface area contributed by atoms with Gasteiger partial charge in [-0.2, -0.15) is 13.2 Å². The van der Waals surface area contributed by atoms with Gasteiger partial charge in [0, 0.05) is 11.1 Å². The fourth-order valence-electron chi connectivity index (χ4n) is 3.78. The SMILES string of the molecule is C#CCO/N=C(\C(C)=NOCc1ccccc1C(=COC)C(=O)OC)c1ccc(OCc2cccc(C(F)(F)F)c2)cc1. The second kappa shape index (κ2) is 15.7. The van der Waals surface area contributed by atoms with Gasteiger partial charge in [0.1, 0.15) is 36.0 Å². The van der Waals surface area contributed by atoms with Crippen LogP contribution in [0.1, 0.15) is 34.7 Å². The summed E-state index contributed by atoms with van der Waals surface area (Å²) in [6.07, 6.45) is 2.13. The zero-order chi connectivity index (χ0) is 31.2. The van der Waals surface area contributed by atoms with Crippen LogP contribution in [0.4, 0.5) is 13.2 Å². The van der Waals surface area contributed by atoms with Crippen molar-refractivity contribution in [2.24, 2.45) is 10.3 Å². The number of hydrogen-bond acceptors (Lipinski definition) is 8. The van der Waals surface area contributed by atoms with Crippen LogP contribution in [0.3, 0.4) is 0 Å². The Morgan fingerprint density at radius 2 is 1.70 bits per heavy atom. The monoisotopic (exact) mass is 594 g/mol. The summed E-state index contributed by atoms with van der Waals surface area (Å²) in [5.74, 6) is 2.19. The van der Waals surface area contributed by atoms with Crippen LogP contribution in [0.2, 0.25) is 0 Å². The third-order valence-electron chi connectivity index (χ3n) is 5.80. The first-order valence-corrected chi connectivity index (χ1v) is 12.8. The number of carbonyl (C=O) groups excluding carboxylic acids is 1. The first-order chi connectivity index (χ1) is 20.7. The number of halogens is 3. The zero-order valence-corrected chi connectivity index (χ0v) is 23.7. The van der Waals surface area contributed by atoms with Gasteiger partial charge in [0.05, 0.1) is 26.0 Å². The quantitative estimate of drug-likeness (QED) is 0.0434. The lowest BCUT2D eigenvalue weighted by Gasteiger charge is -2.12. The number of esters is 1. The number of alkyl halides is 3. The maximum absolute atomic E-state index is 13.0. The molecule has 0 unspecified atom stereocenters. The minimum absolute atomic E-state index is 0.00632. The molecule has 0 amide bonds. The average molecular weight is 595 g/mol. The van der Waals surface area contributed by atoms with Crippen molar-refractivity contribution in [1.82, 2.24) is 0 Å². The molecule has 11 heteroatoms. The van der Waals surface area contributed by atoms with Crippen LogP contribution < -0.4 is 4.74 Å². The fraction of sp³-hybridized carbons (Fsp3) is 0.219. The van der Waals surface area contributed by atoms with E-state index in [0.717, 1.165) is 12.1 Å². The van der Waals surface area contributed by atoms with Gasteiger partial charge in [-0.05, 0) is 54.4 Å². The fourth-order valence-corrected chi connectivity index (χ4v) is 3.78. The topological polar surface area (TPSA) is 87.9 Å². The Balaban J connectivity index is 1.75. The Hall–Kier alpha value is -5.24. The predicted molar refractivity (Wildman–Crippen MR) is 155 cm³/mol. The summed E-state index contributed by atoms with van der Waals surface area (Å²) < 4.78 is 54.6. The molecule has 0 N–H and O–H groups in total. The molecule has 0 aliphatic rings. The van der Waals surface area contributed by atoms with Gasteiger partial charge < -0.3 is 23.9 Å². The molecule has 0 radical (unpaired) electrons. The van der Waals surface area contributed by atoms with Gasteiger partial charge in [-0.1, -0.05) is 52.6 Å². The van der Waals surface area contributed by atoms with Crippen molar-refractivity contribution in [3.05, 3.63) is 107 Å². The van der Waals surface area contributed by atoms with Crippen molar-refractivity contribution >= 4 is 23.0 Å². The van der Waals surface area contributed by atoms with Gasteiger partial charge in [-0.3, -0.25) is 0 Å². The van der Waals surface area contributed by atoms with Gasteiger partial charge in [-0.15, -0.1) is 6.42 Å². The molecule has 0 saturated heterocycles. The first-order valence-electron chi connectivity index (χ1n) is 12.8. The molecule has 3 aromatic carbocycles. The predicted octanol–water partition coefficient (Wildman–Crippen LogP) is 6.39. The number of oxime groups is 2. The summed E-state index contributed by atoms with van der Waals surface area (Å²) in [5.41, 5.74) is 2.31. The Kier molecular flexibility index (Phi) is 11.8. The number of methoxy groups -OCH3 is 2. The average Bonchev–Trinajstić information content (AvgIpc) is 3.01. The molecule has 0 fully saturated rings. The van der Waals surface area contributed by atoms with Crippen LogP contribution in [-0.4, -0.2) is 38.2 Å². The Labute approximate surface area is 247 Å². The highest BCUT2D eigenvalue weighted by Crippen LogP contribution is 2.30. The molecule has 0 heterocycles. The van der Waals surface area contributed by atoms with E-state index in [1.165, 1.54) is 26.5 Å². The second-order valence-electron chi connectivity index (χ2n) is 8.79. The second-order valence-corrected chi connectivity index (χ2v) is 8.79. The van der Waals surface area contributed by atoms with Crippen molar-refractivity contribution in [2.75, 3.05) is 20.8 Å². The Morgan fingerprint density at radius 1 is 0.953 bits per heavy atom. The lowest BCUT2D eigenvalue weighted by Crippen LogP contribution is -2.14. The maximum atomic E-state index is 13.0. The summed E-state index contributed by atoms with van der Waals surface area (Å²) in [6.45, 7) is 1.53. The number of nitrogens with zero attached hydrogens (tertiary/aromatic N) is 2. The lowest BCUT2D eigenvalue weighted by atomic mass is 10.0.